The van der Waals surface area contributed by atoms with Crippen molar-refractivity contribution in [3.05, 3.63) is 108 Å². The van der Waals surface area contributed by atoms with E-state index in [4.69, 9.17) is 14.2 Å². The molecule has 6 saturated heterocycles. The van der Waals surface area contributed by atoms with Gasteiger partial charge in [0.15, 0.2) is 18.7 Å². The van der Waals surface area contributed by atoms with E-state index < -0.39 is 0 Å². The maximum Gasteiger partial charge on any atom is 0.229 e. The molecule has 4 aliphatic carbocycles. The van der Waals surface area contributed by atoms with Crippen LogP contribution < -0.4 is 0 Å². The zero-order chi connectivity index (χ0) is 42.4. The summed E-state index contributed by atoms with van der Waals surface area (Å²) in [7, 11) is 0. The van der Waals surface area contributed by atoms with Crippen molar-refractivity contribution in [1.82, 2.24) is 14.7 Å². The lowest BCUT2D eigenvalue weighted by atomic mass is 9.73. The number of ether oxygens (including phenoxy) is 3. The number of benzene rings is 3. The highest BCUT2D eigenvalue weighted by atomic mass is 16.5. The molecular weight excluding hydrogens is 775 g/mol. The minimum atomic E-state index is -0.185. The van der Waals surface area contributed by atoms with E-state index in [1.807, 2.05) is 54.6 Å². The van der Waals surface area contributed by atoms with Gasteiger partial charge < -0.3 is 28.9 Å². The van der Waals surface area contributed by atoms with Crippen molar-refractivity contribution in [3.63, 3.8) is 0 Å². The van der Waals surface area contributed by atoms with Crippen LogP contribution in [0.3, 0.4) is 0 Å². The number of rotatable bonds is 3. The van der Waals surface area contributed by atoms with Crippen LogP contribution in [0.2, 0.25) is 0 Å². The van der Waals surface area contributed by atoms with Crippen molar-refractivity contribution in [3.8, 4) is 0 Å². The van der Waals surface area contributed by atoms with Gasteiger partial charge in [-0.3, -0.25) is 14.4 Å². The lowest BCUT2D eigenvalue weighted by molar-refractivity contribution is -0.140. The quantitative estimate of drug-likeness (QED) is 0.261. The third-order valence-corrected chi connectivity index (χ3v) is 17.9. The fourth-order valence-electron chi connectivity index (χ4n) is 15.1. The van der Waals surface area contributed by atoms with Gasteiger partial charge in [-0.05, 0) is 95.3 Å². The first kappa shape index (κ1) is 40.7. The summed E-state index contributed by atoms with van der Waals surface area (Å²) < 4.78 is 18.2. The molecule has 0 aromatic heterocycles. The van der Waals surface area contributed by atoms with Crippen molar-refractivity contribution in [2.75, 3.05) is 19.8 Å². The summed E-state index contributed by atoms with van der Waals surface area (Å²) in [6.45, 7) is 8.79. The van der Waals surface area contributed by atoms with Gasteiger partial charge in [0, 0.05) is 34.4 Å². The molecule has 62 heavy (non-hydrogen) atoms. The molecule has 9 nitrogen and oxygen atoms in total. The molecule has 3 aromatic rings. The molecule has 4 saturated carbocycles. The number of hydrogen-bond donors (Lipinski definition) is 0. The van der Waals surface area contributed by atoms with Gasteiger partial charge in [0.1, 0.15) is 0 Å². The molecule has 11 unspecified atom stereocenters. The van der Waals surface area contributed by atoms with Crippen molar-refractivity contribution in [2.45, 2.75) is 133 Å². The van der Waals surface area contributed by atoms with Crippen LogP contribution in [0.4, 0.5) is 0 Å². The minimum Gasteiger partial charge on any atom is -0.351 e. The molecule has 10 fully saturated rings. The van der Waals surface area contributed by atoms with E-state index >= 15 is 0 Å². The topological polar surface area (TPSA) is 88.6 Å². The van der Waals surface area contributed by atoms with Crippen LogP contribution >= 0.6 is 0 Å². The Morgan fingerprint density at radius 1 is 0.452 bits per heavy atom. The predicted molar refractivity (Wildman–Crippen MR) is 234 cm³/mol. The molecule has 3 aromatic carbocycles. The van der Waals surface area contributed by atoms with E-state index in [0.29, 0.717) is 61.2 Å². The zero-order valence-corrected chi connectivity index (χ0v) is 36.9. The molecule has 10 aliphatic rings. The molecule has 0 radical (unpaired) electrons. The number of nitrogens with zero attached hydrogens (tertiary/aromatic N) is 3. The highest BCUT2D eigenvalue weighted by molar-refractivity contribution is 5.85. The van der Waals surface area contributed by atoms with Crippen molar-refractivity contribution in [1.29, 1.82) is 0 Å². The summed E-state index contributed by atoms with van der Waals surface area (Å²) in [6.07, 6.45) is 14.0. The zero-order valence-electron chi connectivity index (χ0n) is 36.9. The van der Waals surface area contributed by atoms with Crippen molar-refractivity contribution < 1.29 is 28.6 Å². The monoisotopic (exact) mass is 839 g/mol. The highest BCUT2D eigenvalue weighted by Crippen LogP contribution is 2.64. The Balaban J connectivity index is 0.000000105. The average molecular weight is 840 g/mol. The van der Waals surface area contributed by atoms with Gasteiger partial charge in [-0.2, -0.15) is 0 Å². The normalized spacial score (nSPS) is 42.0. The largest absolute Gasteiger partial charge is 0.351 e. The van der Waals surface area contributed by atoms with Crippen LogP contribution in [-0.4, -0.2) is 68.9 Å². The van der Waals surface area contributed by atoms with Crippen molar-refractivity contribution >= 4 is 17.7 Å². The number of carbonyl (C=O) groups excluding carboxylic acids is 3. The summed E-state index contributed by atoms with van der Waals surface area (Å²) in [5.74, 6) is 4.64. The maximum absolute atomic E-state index is 13.1. The lowest BCUT2D eigenvalue weighted by Gasteiger charge is -2.35. The van der Waals surface area contributed by atoms with Crippen LogP contribution in [0.25, 0.3) is 0 Å². The number of fused-ring (bicyclic) bond motifs is 13. The molecule has 0 N–H and O–H groups in total. The number of amides is 3. The maximum atomic E-state index is 13.1. The predicted octanol–water partition coefficient (Wildman–Crippen LogP) is 9.61. The van der Waals surface area contributed by atoms with E-state index in [1.165, 1.54) is 64.2 Å². The smallest absolute Gasteiger partial charge is 0.229 e. The first-order valence-electron chi connectivity index (χ1n) is 24.1. The summed E-state index contributed by atoms with van der Waals surface area (Å²) in [4.78, 5) is 45.2. The van der Waals surface area contributed by atoms with Gasteiger partial charge in [0.2, 0.25) is 17.7 Å². The number of carbonyl (C=O) groups is 3. The van der Waals surface area contributed by atoms with Crippen molar-refractivity contribution in [2.24, 2.45) is 47.3 Å². The Morgan fingerprint density at radius 2 is 0.839 bits per heavy atom. The third-order valence-electron chi connectivity index (χ3n) is 17.9. The molecule has 2 bridgehead atoms. The van der Waals surface area contributed by atoms with Crippen LogP contribution in [-0.2, 0) is 28.6 Å². The van der Waals surface area contributed by atoms with Gasteiger partial charge in [-0.1, -0.05) is 123 Å². The Kier molecular flexibility index (Phi) is 10.2. The molecule has 3 amide bonds. The molecule has 328 valence electrons. The molecular formula is C53H65N3O6. The van der Waals surface area contributed by atoms with Gasteiger partial charge in [0.25, 0.3) is 0 Å². The molecule has 0 spiro atoms. The number of hydrogen-bond acceptors (Lipinski definition) is 6. The first-order chi connectivity index (χ1) is 30.1. The molecule has 6 heterocycles. The van der Waals surface area contributed by atoms with E-state index in [0.717, 1.165) is 35.4 Å². The van der Waals surface area contributed by atoms with Gasteiger partial charge in [0.05, 0.1) is 36.4 Å². The van der Waals surface area contributed by atoms with Gasteiger partial charge in [-0.25, -0.2) is 0 Å². The summed E-state index contributed by atoms with van der Waals surface area (Å²) in [5, 5.41) is 0. The fraction of sp³-hybridized carbons (Fsp3) is 0.604. The Hall–Kier alpha value is -4.05. The second kappa shape index (κ2) is 15.6. The minimum absolute atomic E-state index is 0.0813. The third kappa shape index (κ3) is 6.13. The second-order valence-corrected chi connectivity index (χ2v) is 21.2. The van der Waals surface area contributed by atoms with E-state index in [9.17, 15) is 14.4 Å². The van der Waals surface area contributed by atoms with E-state index in [2.05, 4.69) is 71.9 Å². The highest BCUT2D eigenvalue weighted by Gasteiger charge is 2.69. The Morgan fingerprint density at radius 3 is 1.32 bits per heavy atom. The van der Waals surface area contributed by atoms with Crippen LogP contribution in [0.5, 0.6) is 0 Å². The summed E-state index contributed by atoms with van der Waals surface area (Å²) >= 11 is 0. The van der Waals surface area contributed by atoms with Gasteiger partial charge in [-0.15, -0.1) is 0 Å². The Labute approximate surface area is 367 Å². The molecule has 13 rings (SSSR count). The molecule has 6 aliphatic heterocycles. The Bertz CT molecular complexity index is 2160. The summed E-state index contributed by atoms with van der Waals surface area (Å²) in [5.41, 5.74) is 3.04. The first-order valence-corrected chi connectivity index (χ1v) is 24.1. The summed E-state index contributed by atoms with van der Waals surface area (Å²) in [6, 6.07) is 30.6. The van der Waals surface area contributed by atoms with Crippen LogP contribution in [0.15, 0.2) is 91.0 Å². The SMILES string of the molecule is C[C@@]12COC(c3ccccc3)N1C(=O)C1C3CCC(C3)C12.C[C@@]12COC(c3ccccc3)N1C(=O)C1CCCCC12.C[C@@]12COC(c3ccccc3)N1C(=O)C1CCCCCC12. The van der Waals surface area contributed by atoms with E-state index in [1.54, 1.807) is 0 Å². The molecule has 9 heteroatoms. The average Bonchev–Trinajstić information content (AvgIpc) is 4.18. The molecule has 14 atom stereocenters. The lowest BCUT2D eigenvalue weighted by Crippen LogP contribution is -2.46. The van der Waals surface area contributed by atoms with Crippen LogP contribution in [0, 0.1) is 47.3 Å². The van der Waals surface area contributed by atoms with Gasteiger partial charge >= 0.3 is 0 Å². The standard InChI is InChI=1S/C18H21NO2.C18H23NO2.C17H21NO2/c1-18-10-21-17(11-5-3-2-4-6-11)19(18)16(20)14-12-7-8-13(9-12)15(14)18;1-18-12-21-17(13-8-4-2-5-9-13)19(18)16(20)14-10-6-3-7-11-15(14)18;1-17-11-20-16(12-7-3-2-4-8-12)18(17)15(19)13-9-5-6-10-14(13)17/h2-6,12-15,17H,7-10H2,1H3;2,4-5,8-9,14-15,17H,3,6-7,10-12H2,1H3;2-4,7-8,13-14,16H,5-6,9-11H2,1H3/t12?,13?,14?,15?,17?,18-;14?,15?,17?,18-;13?,14?,16?,17-/m000/s1. The second-order valence-electron chi connectivity index (χ2n) is 21.2. The van der Waals surface area contributed by atoms with E-state index in [-0.39, 0.29) is 53.1 Å². The fourth-order valence-corrected chi connectivity index (χ4v) is 15.1. The van der Waals surface area contributed by atoms with Crippen LogP contribution in [0.1, 0.15) is 133 Å².